The first-order valence-electron chi connectivity index (χ1n) is 13.7. The van der Waals surface area contributed by atoms with Crippen molar-refractivity contribution in [2.24, 2.45) is 0 Å². The second-order valence-electron chi connectivity index (χ2n) is 10.2. The van der Waals surface area contributed by atoms with E-state index in [1.165, 1.54) is 32.7 Å². The maximum atomic E-state index is 11.8. The van der Waals surface area contributed by atoms with E-state index in [0.29, 0.717) is 28.6 Å². The second kappa shape index (κ2) is 15.1. The van der Waals surface area contributed by atoms with Gasteiger partial charge in [0.1, 0.15) is 29.1 Å². The predicted molar refractivity (Wildman–Crippen MR) is 170 cm³/mol. The number of nitrogen functional groups attached to an aromatic ring is 4. The molecule has 2 aromatic carbocycles. The van der Waals surface area contributed by atoms with E-state index in [9.17, 15) is 10.1 Å². The van der Waals surface area contributed by atoms with Crippen molar-refractivity contribution in [2.75, 3.05) is 37.2 Å². The first kappa shape index (κ1) is 34.4. The molecule has 0 aliphatic rings. The third-order valence-corrected chi connectivity index (χ3v) is 6.42. The van der Waals surface area contributed by atoms with Crippen LogP contribution >= 0.6 is 0 Å². The van der Waals surface area contributed by atoms with Crippen LogP contribution in [-0.4, -0.2) is 45.3 Å². The Hall–Kier alpha value is -6.08. The molecule has 2 heterocycles. The Kier molecular flexibility index (Phi) is 11.3. The van der Waals surface area contributed by atoms with E-state index in [1.807, 2.05) is 27.7 Å². The van der Waals surface area contributed by atoms with E-state index >= 15 is 0 Å². The zero-order valence-electron chi connectivity index (χ0n) is 26.2. The number of carbonyl (C=O) groups excluding carboxylic acids is 1. The fraction of sp³-hybridized carbons (Fsp3) is 0.267. The number of carbonyl (C=O) groups is 1. The molecule has 10 N–H and O–H groups in total. The number of hydrogen-bond donors (Lipinski definition) is 6. The molecule has 0 saturated carbocycles. The molecule has 16 heteroatoms. The first-order valence-corrected chi connectivity index (χ1v) is 13.7. The van der Waals surface area contributed by atoms with Gasteiger partial charge in [0.2, 0.25) is 11.9 Å². The molecule has 0 atom stereocenters. The molecule has 0 bridgehead atoms. The van der Waals surface area contributed by atoms with E-state index in [0.717, 1.165) is 11.1 Å². The highest BCUT2D eigenvalue weighted by molar-refractivity contribution is 5.97. The molecule has 16 nitrogen and oxygen atoms in total. The summed E-state index contributed by atoms with van der Waals surface area (Å²) in [5.74, 6) is 1.96. The third-order valence-electron chi connectivity index (χ3n) is 6.42. The molecule has 4 rings (SSSR count). The molecule has 0 aliphatic heterocycles. The monoisotopic (exact) mass is 632 g/mol. The molecule has 0 saturated heterocycles. The van der Waals surface area contributed by atoms with Gasteiger partial charge in [0, 0.05) is 17.2 Å². The van der Waals surface area contributed by atoms with E-state index < -0.39 is 5.91 Å². The Morgan fingerprint density at radius 1 is 0.761 bits per heavy atom. The summed E-state index contributed by atoms with van der Waals surface area (Å²) in [5.41, 5.74) is 26.2. The highest BCUT2D eigenvalue weighted by atomic mass is 16.5. The largest absolute Gasteiger partial charge is 0.496 e. The smallest absolute Gasteiger partial charge is 0.278 e. The van der Waals surface area contributed by atoms with Crippen molar-refractivity contribution in [2.45, 2.75) is 39.5 Å². The van der Waals surface area contributed by atoms with Gasteiger partial charge in [-0.3, -0.25) is 10.0 Å². The molecule has 46 heavy (non-hydrogen) atoms. The summed E-state index contributed by atoms with van der Waals surface area (Å²) in [6.45, 7) is 7.93. The number of ether oxygens (including phenoxy) is 4. The van der Waals surface area contributed by atoms with Gasteiger partial charge >= 0.3 is 0 Å². The number of nitrogens with two attached hydrogens (primary N) is 4. The summed E-state index contributed by atoms with van der Waals surface area (Å²) in [5, 5.41) is 18.1. The van der Waals surface area contributed by atoms with Crippen LogP contribution in [0.2, 0.25) is 0 Å². The third kappa shape index (κ3) is 8.09. The van der Waals surface area contributed by atoms with Crippen LogP contribution in [0.3, 0.4) is 0 Å². The minimum Gasteiger partial charge on any atom is -0.496 e. The molecule has 0 aliphatic carbocycles. The molecule has 1 amide bonds. The molecule has 0 unspecified atom stereocenters. The Labute approximate surface area is 265 Å². The molecule has 0 fully saturated rings. The van der Waals surface area contributed by atoms with E-state index in [4.69, 9.17) is 47.1 Å². The number of rotatable bonds is 9. The maximum absolute atomic E-state index is 11.8. The quantitative estimate of drug-likeness (QED) is 0.112. The fourth-order valence-electron chi connectivity index (χ4n) is 4.08. The summed E-state index contributed by atoms with van der Waals surface area (Å²) >= 11 is 0. The topological polar surface area (TPSA) is 266 Å². The molecule has 2 aromatic heterocycles. The van der Waals surface area contributed by atoms with Gasteiger partial charge in [-0.05, 0) is 30.0 Å². The average Bonchev–Trinajstić information content (AvgIpc) is 3.02. The Bertz CT molecular complexity index is 1760. The summed E-state index contributed by atoms with van der Waals surface area (Å²) < 4.78 is 22.0. The normalized spacial score (nSPS) is 10.4. The summed E-state index contributed by atoms with van der Waals surface area (Å²) in [7, 11) is 2.95. The van der Waals surface area contributed by atoms with E-state index in [-0.39, 0.29) is 52.4 Å². The van der Waals surface area contributed by atoms with Crippen molar-refractivity contribution in [3.8, 4) is 40.6 Å². The number of amides is 1. The molecular formula is C30H36N10O6. The zero-order valence-corrected chi connectivity index (χ0v) is 26.2. The summed E-state index contributed by atoms with van der Waals surface area (Å²) in [6, 6.07) is 8.59. The minimum atomic E-state index is -0.728. The number of anilines is 4. The van der Waals surface area contributed by atoms with Gasteiger partial charge in [-0.15, -0.1) is 0 Å². The van der Waals surface area contributed by atoms with Gasteiger partial charge in [-0.1, -0.05) is 27.7 Å². The zero-order chi connectivity index (χ0) is 34.1. The van der Waals surface area contributed by atoms with Crippen LogP contribution in [0, 0.1) is 11.3 Å². The highest BCUT2D eigenvalue weighted by Gasteiger charge is 2.20. The lowest BCUT2D eigenvalue weighted by Gasteiger charge is -2.18. The standard InChI is InChI=1S/C15H19N5O4.C15H17N5O2/c1-7(2)8-4-10(23-3)9(14(21)20-22)5-11(8)24-12-6-18-15(17)19-13(12)16;1-8(2)10-5-11(21-3)9(6-16)4-12(10)22-13-7-19-15(18)20-14(13)17/h4-7,22H,1-3H3,(H,20,21)(H4,16,17,18,19);4-5,7-8H,1-3H3,(H4,17,18,19,20). The Morgan fingerprint density at radius 2 is 1.22 bits per heavy atom. The van der Waals surface area contributed by atoms with Crippen LogP contribution in [-0.2, 0) is 0 Å². The van der Waals surface area contributed by atoms with Crippen molar-refractivity contribution >= 4 is 29.4 Å². The first-order chi connectivity index (χ1) is 21.8. The van der Waals surface area contributed by atoms with Crippen LogP contribution < -0.4 is 47.4 Å². The Morgan fingerprint density at radius 3 is 1.61 bits per heavy atom. The van der Waals surface area contributed by atoms with Crippen molar-refractivity contribution in [3.63, 3.8) is 0 Å². The molecule has 4 aromatic rings. The lowest BCUT2D eigenvalue weighted by molar-refractivity contribution is 0.0702. The van der Waals surface area contributed by atoms with Crippen molar-refractivity contribution in [1.82, 2.24) is 25.4 Å². The number of hydroxylamine groups is 1. The predicted octanol–water partition coefficient (Wildman–Crippen LogP) is 4.12. The second-order valence-corrected chi connectivity index (χ2v) is 10.2. The van der Waals surface area contributed by atoms with E-state index in [1.54, 1.807) is 23.7 Å². The SMILES string of the molecule is COc1cc(C(C)C)c(Oc2cnc(N)nc2N)cc1C#N.COc1cc(C(C)C)c(Oc2cnc(N)nc2N)cc1C(=O)NO. The molecule has 242 valence electrons. The van der Waals surface area contributed by atoms with Crippen LogP contribution in [0.5, 0.6) is 34.5 Å². The number of benzene rings is 2. The van der Waals surface area contributed by atoms with Gasteiger partial charge < -0.3 is 41.9 Å². The molecule has 0 spiro atoms. The fourth-order valence-corrected chi connectivity index (χ4v) is 4.08. The molecule has 0 radical (unpaired) electrons. The number of methoxy groups -OCH3 is 2. The average molecular weight is 633 g/mol. The minimum absolute atomic E-state index is 0.0269. The summed E-state index contributed by atoms with van der Waals surface area (Å²) in [4.78, 5) is 27.2. The van der Waals surface area contributed by atoms with Crippen LogP contribution in [0.4, 0.5) is 23.5 Å². The number of nitriles is 1. The number of hydrogen-bond acceptors (Lipinski definition) is 15. The van der Waals surface area contributed by atoms with E-state index in [2.05, 4.69) is 26.0 Å². The lowest BCUT2D eigenvalue weighted by Crippen LogP contribution is -2.19. The number of nitrogens with zero attached hydrogens (tertiary/aromatic N) is 5. The van der Waals surface area contributed by atoms with Crippen molar-refractivity contribution in [1.29, 1.82) is 5.26 Å². The Balaban J connectivity index is 0.000000251. The lowest BCUT2D eigenvalue weighted by atomic mass is 9.99. The van der Waals surface area contributed by atoms with Gasteiger partial charge in [-0.25, -0.2) is 15.4 Å². The van der Waals surface area contributed by atoms with Gasteiger partial charge in [0.25, 0.3) is 5.91 Å². The van der Waals surface area contributed by atoms with Crippen LogP contribution in [0.1, 0.15) is 66.6 Å². The van der Waals surface area contributed by atoms with Gasteiger partial charge in [0.15, 0.2) is 23.1 Å². The van der Waals surface area contributed by atoms with Gasteiger partial charge in [-0.2, -0.15) is 15.2 Å². The van der Waals surface area contributed by atoms with Crippen LogP contribution in [0.15, 0.2) is 36.7 Å². The summed E-state index contributed by atoms with van der Waals surface area (Å²) in [6.07, 6.45) is 2.75. The van der Waals surface area contributed by atoms with Crippen molar-refractivity contribution < 1.29 is 28.9 Å². The van der Waals surface area contributed by atoms with Crippen molar-refractivity contribution in [3.05, 3.63) is 58.9 Å². The van der Waals surface area contributed by atoms with Gasteiger partial charge in [0.05, 0.1) is 37.7 Å². The van der Waals surface area contributed by atoms with Crippen LogP contribution in [0.25, 0.3) is 0 Å². The highest BCUT2D eigenvalue weighted by Crippen LogP contribution is 2.38. The molecular weight excluding hydrogens is 596 g/mol. The number of nitrogens with one attached hydrogen (secondary N) is 1. The maximum Gasteiger partial charge on any atom is 0.278 e. The number of aromatic nitrogens is 4.